The third-order valence-corrected chi connectivity index (χ3v) is 1.09. The van der Waals surface area contributed by atoms with Crippen molar-refractivity contribution in [3.63, 3.8) is 0 Å². The van der Waals surface area contributed by atoms with Crippen LogP contribution in [0.25, 0.3) is 0 Å². The molecule has 11 heavy (non-hydrogen) atoms. The monoisotopic (exact) mass is 180 g/mol. The van der Waals surface area contributed by atoms with Crippen molar-refractivity contribution in [1.82, 2.24) is 0 Å². The second-order valence-electron chi connectivity index (χ2n) is 1.71. The third-order valence-electron chi connectivity index (χ3n) is 0.911. The maximum atomic E-state index is 10.5. The summed E-state index contributed by atoms with van der Waals surface area (Å²) >= 11 is 3.19. The third kappa shape index (κ3) is 3.81. The molecule has 0 heterocycles. The summed E-state index contributed by atoms with van der Waals surface area (Å²) in [6, 6.07) is -1.08. The SMILES string of the molecule is NOC(=O)C[C@H](N)C(=O)OS. The van der Waals surface area contributed by atoms with E-state index in [4.69, 9.17) is 5.73 Å². The minimum atomic E-state index is -1.08. The van der Waals surface area contributed by atoms with Gasteiger partial charge in [-0.2, -0.15) is 5.90 Å². The average Bonchev–Trinajstić information content (AvgIpc) is 2.02. The predicted octanol–water partition coefficient (Wildman–Crippen LogP) is -1.49. The molecule has 0 fully saturated rings. The highest BCUT2D eigenvalue weighted by Crippen LogP contribution is 1.94. The highest BCUT2D eigenvalue weighted by molar-refractivity contribution is 7.75. The molecule has 0 bridgehead atoms. The largest absolute Gasteiger partial charge is 0.393 e. The Bertz CT molecular complexity index is 162. The van der Waals surface area contributed by atoms with E-state index in [1.165, 1.54) is 0 Å². The van der Waals surface area contributed by atoms with Gasteiger partial charge in [-0.3, -0.25) is 4.79 Å². The first-order valence-electron chi connectivity index (χ1n) is 2.62. The topological polar surface area (TPSA) is 105 Å². The van der Waals surface area contributed by atoms with E-state index in [1.54, 1.807) is 0 Å². The first kappa shape index (κ1) is 10.2. The lowest BCUT2D eigenvalue weighted by atomic mass is 10.2. The quantitative estimate of drug-likeness (QED) is 0.277. The maximum Gasteiger partial charge on any atom is 0.335 e. The van der Waals surface area contributed by atoms with Gasteiger partial charge in [-0.15, -0.1) is 0 Å². The van der Waals surface area contributed by atoms with Crippen LogP contribution in [0.15, 0.2) is 0 Å². The van der Waals surface area contributed by atoms with Gasteiger partial charge in [0.15, 0.2) is 0 Å². The molecule has 0 spiro atoms. The fraction of sp³-hybridized carbons (Fsp3) is 0.500. The molecule has 0 aromatic carbocycles. The fourth-order valence-electron chi connectivity index (χ4n) is 0.379. The van der Waals surface area contributed by atoms with Gasteiger partial charge in [0.05, 0.1) is 6.42 Å². The Morgan fingerprint density at radius 1 is 1.55 bits per heavy atom. The molecule has 0 aliphatic carbocycles. The molecule has 4 N–H and O–H groups in total. The van der Waals surface area contributed by atoms with E-state index in [1.807, 2.05) is 0 Å². The van der Waals surface area contributed by atoms with Crippen molar-refractivity contribution in [1.29, 1.82) is 0 Å². The van der Waals surface area contributed by atoms with Crippen molar-refractivity contribution in [3.05, 3.63) is 0 Å². The van der Waals surface area contributed by atoms with Crippen LogP contribution in [-0.4, -0.2) is 18.0 Å². The van der Waals surface area contributed by atoms with E-state index in [2.05, 4.69) is 27.8 Å². The summed E-state index contributed by atoms with van der Waals surface area (Å²) in [7, 11) is 0. The van der Waals surface area contributed by atoms with Crippen molar-refractivity contribution >= 4 is 24.8 Å². The van der Waals surface area contributed by atoms with Crippen molar-refractivity contribution in [3.8, 4) is 0 Å². The second kappa shape index (κ2) is 4.94. The van der Waals surface area contributed by atoms with Gasteiger partial charge in [-0.1, -0.05) is 0 Å². The smallest absolute Gasteiger partial charge is 0.335 e. The average molecular weight is 180 g/mol. The van der Waals surface area contributed by atoms with Gasteiger partial charge in [-0.05, 0) is 0 Å². The molecule has 0 aliphatic rings. The van der Waals surface area contributed by atoms with Crippen molar-refractivity contribution < 1.29 is 18.6 Å². The molecular weight excluding hydrogens is 172 g/mol. The molecule has 64 valence electrons. The summed E-state index contributed by atoms with van der Waals surface area (Å²) in [5.41, 5.74) is 5.12. The van der Waals surface area contributed by atoms with Crippen molar-refractivity contribution in [2.75, 3.05) is 0 Å². The summed E-state index contributed by atoms with van der Waals surface area (Å²) in [5.74, 6) is 2.90. The van der Waals surface area contributed by atoms with E-state index in [0.29, 0.717) is 0 Å². The number of thiol groups is 1. The number of carbonyl (C=O) groups is 2. The van der Waals surface area contributed by atoms with Crippen molar-refractivity contribution in [2.45, 2.75) is 12.5 Å². The highest BCUT2D eigenvalue weighted by Gasteiger charge is 2.18. The highest BCUT2D eigenvalue weighted by atomic mass is 32.1. The van der Waals surface area contributed by atoms with Crippen LogP contribution in [0.3, 0.4) is 0 Å². The molecule has 0 unspecified atom stereocenters. The lowest BCUT2D eigenvalue weighted by molar-refractivity contribution is -0.147. The number of hydrogen-bond donors (Lipinski definition) is 3. The normalized spacial score (nSPS) is 11.9. The molecule has 0 rings (SSSR count). The number of rotatable bonds is 3. The number of nitrogens with two attached hydrogens (primary N) is 2. The molecule has 0 aromatic rings. The molecule has 0 saturated carbocycles. The van der Waals surface area contributed by atoms with E-state index in [9.17, 15) is 9.59 Å². The Morgan fingerprint density at radius 2 is 2.09 bits per heavy atom. The van der Waals surface area contributed by atoms with Crippen LogP contribution in [0.5, 0.6) is 0 Å². The zero-order chi connectivity index (χ0) is 8.85. The van der Waals surface area contributed by atoms with Gasteiger partial charge in [0.25, 0.3) is 0 Å². The summed E-state index contributed by atoms with van der Waals surface area (Å²) in [6.07, 6.45) is -0.324. The Labute approximate surface area is 68.4 Å². The van der Waals surface area contributed by atoms with Crippen LogP contribution in [0.2, 0.25) is 0 Å². The summed E-state index contributed by atoms with van der Waals surface area (Å²) in [4.78, 5) is 24.6. The molecule has 0 aliphatic heterocycles. The molecule has 1 atom stereocenters. The van der Waals surface area contributed by atoms with Crippen molar-refractivity contribution in [2.24, 2.45) is 11.6 Å². The lowest BCUT2D eigenvalue weighted by Gasteiger charge is -2.04. The molecule has 0 aromatic heterocycles. The summed E-state index contributed by atoms with van der Waals surface area (Å²) in [5, 5.41) is 0. The van der Waals surface area contributed by atoms with E-state index < -0.39 is 18.0 Å². The molecule has 6 nitrogen and oxygen atoms in total. The minimum Gasteiger partial charge on any atom is -0.393 e. The minimum absolute atomic E-state index is 0.324. The Kier molecular flexibility index (Phi) is 4.59. The van der Waals surface area contributed by atoms with Crippen LogP contribution in [0, 0.1) is 0 Å². The summed E-state index contributed by atoms with van der Waals surface area (Å²) in [6.45, 7) is 0. The van der Waals surface area contributed by atoms with E-state index in [-0.39, 0.29) is 6.42 Å². The zero-order valence-corrected chi connectivity index (χ0v) is 6.41. The zero-order valence-electron chi connectivity index (χ0n) is 5.52. The van der Waals surface area contributed by atoms with Gasteiger partial charge < -0.3 is 14.8 Å². The van der Waals surface area contributed by atoms with E-state index >= 15 is 0 Å². The Hall–Kier alpha value is -0.790. The first-order chi connectivity index (χ1) is 5.11. The molecule has 0 radical (unpaired) electrons. The van der Waals surface area contributed by atoms with E-state index in [0.717, 1.165) is 0 Å². The van der Waals surface area contributed by atoms with Gasteiger partial charge in [-0.25, -0.2) is 4.79 Å². The van der Waals surface area contributed by atoms with Crippen LogP contribution >= 0.6 is 12.9 Å². The Balaban J connectivity index is 3.77. The predicted molar refractivity (Wildman–Crippen MR) is 37.9 cm³/mol. The molecule has 7 heteroatoms. The van der Waals surface area contributed by atoms with Gasteiger partial charge in [0.1, 0.15) is 6.04 Å². The fourth-order valence-corrected chi connectivity index (χ4v) is 0.514. The standard InChI is InChI=1S/C4H8N2O4S/c5-2(4(8)10-11)1-3(7)9-6/h2,11H,1,5-6H2/t2-/m0/s1. The number of carbonyl (C=O) groups excluding carboxylic acids is 2. The molecular formula is C4H8N2O4S. The first-order valence-corrected chi connectivity index (χ1v) is 2.98. The Morgan fingerprint density at radius 3 is 2.45 bits per heavy atom. The van der Waals surface area contributed by atoms with Gasteiger partial charge in [0.2, 0.25) is 0 Å². The van der Waals surface area contributed by atoms with Crippen LogP contribution in [-0.2, 0) is 18.6 Å². The lowest BCUT2D eigenvalue weighted by Crippen LogP contribution is -2.34. The molecule has 0 amide bonds. The van der Waals surface area contributed by atoms with Crippen LogP contribution in [0.1, 0.15) is 6.42 Å². The van der Waals surface area contributed by atoms with Crippen LogP contribution < -0.4 is 11.6 Å². The summed E-state index contributed by atoms with van der Waals surface area (Å²) < 4.78 is 3.94. The second-order valence-corrected chi connectivity index (χ2v) is 1.89. The number of hydrogen-bond acceptors (Lipinski definition) is 7. The van der Waals surface area contributed by atoms with Gasteiger partial charge >= 0.3 is 11.9 Å². The molecule has 0 saturated heterocycles. The van der Waals surface area contributed by atoms with Crippen LogP contribution in [0.4, 0.5) is 0 Å². The van der Waals surface area contributed by atoms with Gasteiger partial charge in [0, 0.05) is 12.9 Å². The maximum absolute atomic E-state index is 10.5.